The molecule has 1 aliphatic carbocycles. The predicted octanol–water partition coefficient (Wildman–Crippen LogP) is 5.87. The van der Waals surface area contributed by atoms with E-state index in [1.54, 1.807) is 42.5 Å². The molecule has 5 rings (SSSR count). The summed E-state index contributed by atoms with van der Waals surface area (Å²) in [6.45, 7) is 4.09. The number of anilines is 1. The molecule has 1 amide bonds. The highest BCUT2D eigenvalue weighted by atomic mass is 32.2. The normalized spacial score (nSPS) is 13.7. The molecule has 0 unspecified atom stereocenters. The van der Waals surface area contributed by atoms with Crippen molar-refractivity contribution < 1.29 is 17.6 Å². The molecule has 1 aliphatic rings. The van der Waals surface area contributed by atoms with E-state index >= 15 is 0 Å². The van der Waals surface area contributed by atoms with Crippen LogP contribution in [0.3, 0.4) is 0 Å². The first-order valence-electron chi connectivity index (χ1n) is 11.5. The van der Waals surface area contributed by atoms with E-state index in [9.17, 15) is 13.2 Å². The number of nitrogens with zero attached hydrogens (tertiary/aromatic N) is 2. The number of amides is 1. The minimum absolute atomic E-state index is 0.0635. The first kappa shape index (κ1) is 22.3. The molecule has 6 nitrogen and oxygen atoms in total. The highest BCUT2D eigenvalue weighted by Gasteiger charge is 2.33. The average Bonchev–Trinajstić information content (AvgIpc) is 3.22. The standard InChI is InChI=1S/C27H26N2O4S/c1-18(2)19-7-10-22(11-8-19)34(31,32)29(27(30)20-13-15-28-16-14-20)21-9-12-26-24(17-21)23-5-3-4-6-25(23)33-26/h7-18H,3-6H2,1-2H3. The van der Waals surface area contributed by atoms with Gasteiger partial charge in [0.25, 0.3) is 15.9 Å². The molecule has 0 fully saturated rings. The number of sulfonamides is 1. The largest absolute Gasteiger partial charge is 0.461 e. The lowest BCUT2D eigenvalue weighted by molar-refractivity contribution is 0.100. The van der Waals surface area contributed by atoms with Crippen molar-refractivity contribution in [3.05, 3.63) is 89.4 Å². The van der Waals surface area contributed by atoms with E-state index in [0.717, 1.165) is 52.3 Å². The number of fused-ring (bicyclic) bond motifs is 3. The molecule has 0 N–H and O–H groups in total. The Morgan fingerprint density at radius 2 is 1.68 bits per heavy atom. The van der Waals surface area contributed by atoms with E-state index in [-0.39, 0.29) is 22.1 Å². The molecule has 174 valence electrons. The third kappa shape index (κ3) is 3.90. The van der Waals surface area contributed by atoms with Crippen molar-refractivity contribution in [2.24, 2.45) is 0 Å². The number of pyridine rings is 1. The van der Waals surface area contributed by atoms with E-state index in [2.05, 4.69) is 4.98 Å². The summed E-state index contributed by atoms with van der Waals surface area (Å²) in [5, 5.41) is 0.866. The van der Waals surface area contributed by atoms with Gasteiger partial charge in [0.05, 0.1) is 10.6 Å². The Hall–Kier alpha value is -3.45. The van der Waals surface area contributed by atoms with Gasteiger partial charge in [0.2, 0.25) is 0 Å². The lowest BCUT2D eigenvalue weighted by atomic mass is 9.96. The van der Waals surface area contributed by atoms with Crippen molar-refractivity contribution in [1.29, 1.82) is 0 Å². The van der Waals surface area contributed by atoms with E-state index < -0.39 is 15.9 Å². The average molecular weight is 475 g/mol. The molecule has 7 heteroatoms. The van der Waals surface area contributed by atoms with Crippen molar-refractivity contribution in [3.63, 3.8) is 0 Å². The van der Waals surface area contributed by atoms with Crippen molar-refractivity contribution in [2.75, 3.05) is 4.31 Å². The van der Waals surface area contributed by atoms with Crippen LogP contribution in [0.1, 0.15) is 59.9 Å². The molecule has 0 atom stereocenters. The fourth-order valence-corrected chi connectivity index (χ4v) is 5.89. The van der Waals surface area contributed by atoms with Crippen LogP contribution in [0.15, 0.2) is 76.3 Å². The van der Waals surface area contributed by atoms with Crippen LogP contribution in [-0.2, 0) is 22.9 Å². The maximum Gasteiger partial charge on any atom is 0.272 e. The molecule has 2 aromatic carbocycles. The van der Waals surface area contributed by atoms with Crippen LogP contribution in [0.25, 0.3) is 11.0 Å². The number of carbonyl (C=O) groups is 1. The van der Waals surface area contributed by atoms with Crippen LogP contribution < -0.4 is 4.31 Å². The van der Waals surface area contributed by atoms with Crippen LogP contribution in [0.2, 0.25) is 0 Å². The maximum atomic E-state index is 13.9. The molecule has 2 heterocycles. The summed E-state index contributed by atoms with van der Waals surface area (Å²) in [6.07, 6.45) is 6.85. The third-order valence-corrected chi connectivity index (χ3v) is 8.10. The summed E-state index contributed by atoms with van der Waals surface area (Å²) in [7, 11) is -4.18. The lowest BCUT2D eigenvalue weighted by Crippen LogP contribution is -2.37. The summed E-state index contributed by atoms with van der Waals surface area (Å²) in [5.41, 5.74) is 3.38. The van der Waals surface area contributed by atoms with Crippen LogP contribution in [0.4, 0.5) is 5.69 Å². The highest BCUT2D eigenvalue weighted by molar-refractivity contribution is 7.93. The Morgan fingerprint density at radius 1 is 0.971 bits per heavy atom. The Balaban J connectivity index is 1.66. The topological polar surface area (TPSA) is 80.5 Å². The summed E-state index contributed by atoms with van der Waals surface area (Å²) < 4.78 is 34.6. The second kappa shape index (κ2) is 8.72. The highest BCUT2D eigenvalue weighted by Crippen LogP contribution is 2.36. The molecule has 0 bridgehead atoms. The zero-order chi connectivity index (χ0) is 23.9. The van der Waals surface area contributed by atoms with Crippen LogP contribution in [-0.4, -0.2) is 19.3 Å². The van der Waals surface area contributed by atoms with Gasteiger partial charge >= 0.3 is 0 Å². The van der Waals surface area contributed by atoms with Gasteiger partial charge in [0.15, 0.2) is 0 Å². The van der Waals surface area contributed by atoms with E-state index in [4.69, 9.17) is 4.42 Å². The van der Waals surface area contributed by atoms with Crippen LogP contribution in [0, 0.1) is 0 Å². The Kier molecular flexibility index (Phi) is 5.73. The Bertz CT molecular complexity index is 1460. The first-order chi connectivity index (χ1) is 16.4. The third-order valence-electron chi connectivity index (χ3n) is 6.37. The molecule has 0 radical (unpaired) electrons. The van der Waals surface area contributed by atoms with Gasteiger partial charge in [-0.3, -0.25) is 9.78 Å². The molecule has 34 heavy (non-hydrogen) atoms. The predicted molar refractivity (Wildman–Crippen MR) is 132 cm³/mol. The van der Waals surface area contributed by atoms with Gasteiger partial charge in [0.1, 0.15) is 11.3 Å². The van der Waals surface area contributed by atoms with Gasteiger partial charge in [-0.05, 0) is 73.2 Å². The first-order valence-corrected chi connectivity index (χ1v) is 12.9. The summed E-state index contributed by atoms with van der Waals surface area (Å²) in [4.78, 5) is 17.6. The fourth-order valence-electron chi connectivity index (χ4n) is 4.48. The summed E-state index contributed by atoms with van der Waals surface area (Å²) in [5.74, 6) is 0.588. The molecule has 2 aromatic heterocycles. The number of rotatable bonds is 5. The molecular weight excluding hydrogens is 448 g/mol. The Morgan fingerprint density at radius 3 is 2.38 bits per heavy atom. The number of aromatic nitrogens is 1. The molecule has 0 saturated carbocycles. The Labute approximate surface area is 199 Å². The maximum absolute atomic E-state index is 13.9. The van der Waals surface area contributed by atoms with E-state index in [1.807, 2.05) is 13.8 Å². The van der Waals surface area contributed by atoms with Gasteiger partial charge in [-0.2, -0.15) is 4.31 Å². The number of benzene rings is 2. The van der Waals surface area contributed by atoms with E-state index in [0.29, 0.717) is 5.58 Å². The van der Waals surface area contributed by atoms with Gasteiger partial charge in [0, 0.05) is 35.3 Å². The molecule has 0 aliphatic heterocycles. The molecule has 4 aromatic rings. The number of carbonyl (C=O) groups excluding carboxylic acids is 1. The minimum Gasteiger partial charge on any atom is -0.461 e. The number of aryl methyl sites for hydroxylation is 2. The lowest BCUT2D eigenvalue weighted by Gasteiger charge is -2.23. The molecule has 0 saturated heterocycles. The summed E-state index contributed by atoms with van der Waals surface area (Å²) in [6, 6.07) is 14.9. The molecular formula is C27H26N2O4S. The van der Waals surface area contributed by atoms with Crippen molar-refractivity contribution in [3.8, 4) is 0 Å². The van der Waals surface area contributed by atoms with Gasteiger partial charge in [-0.1, -0.05) is 26.0 Å². The van der Waals surface area contributed by atoms with Gasteiger partial charge in [-0.25, -0.2) is 8.42 Å². The van der Waals surface area contributed by atoms with Gasteiger partial charge in [-0.15, -0.1) is 0 Å². The summed E-state index contributed by atoms with van der Waals surface area (Å²) >= 11 is 0. The van der Waals surface area contributed by atoms with Crippen molar-refractivity contribution >= 4 is 32.6 Å². The van der Waals surface area contributed by atoms with E-state index in [1.165, 1.54) is 24.5 Å². The SMILES string of the molecule is CC(C)c1ccc(S(=O)(=O)N(C(=O)c2ccncc2)c2ccc3oc4c(c3c2)CCCC4)cc1. The number of hydrogen-bond donors (Lipinski definition) is 0. The molecule has 0 spiro atoms. The zero-order valence-corrected chi connectivity index (χ0v) is 20.0. The number of furan rings is 1. The monoisotopic (exact) mass is 474 g/mol. The number of hydrogen-bond acceptors (Lipinski definition) is 5. The minimum atomic E-state index is -4.18. The van der Waals surface area contributed by atoms with Crippen LogP contribution in [0.5, 0.6) is 0 Å². The zero-order valence-electron chi connectivity index (χ0n) is 19.2. The van der Waals surface area contributed by atoms with Crippen LogP contribution >= 0.6 is 0 Å². The smallest absolute Gasteiger partial charge is 0.272 e. The van der Waals surface area contributed by atoms with Gasteiger partial charge < -0.3 is 4.42 Å². The quantitative estimate of drug-likeness (QED) is 0.362. The van der Waals surface area contributed by atoms with Crippen molar-refractivity contribution in [1.82, 2.24) is 4.98 Å². The van der Waals surface area contributed by atoms with Crippen molar-refractivity contribution in [2.45, 2.75) is 50.3 Å². The second-order valence-electron chi connectivity index (χ2n) is 8.93. The fraction of sp³-hybridized carbons (Fsp3) is 0.259. The second-order valence-corrected chi connectivity index (χ2v) is 10.7.